The number of benzene rings is 2. The molecule has 0 radical (unpaired) electrons. The molecule has 1 aliphatic heterocycles. The van der Waals surface area contributed by atoms with E-state index in [4.69, 9.17) is 15.6 Å². The average Bonchev–Trinajstić information content (AvgIpc) is 2.93. The smallest absolute Gasteiger partial charge is 0.324 e. The summed E-state index contributed by atoms with van der Waals surface area (Å²) in [6.45, 7) is 4.53. The SMILES string of the molecule is CCCC[C@]1(CC)CN(c2ccccc2)c2cc(SC)c(OC[C@@H](N)C(=O)O)cc2S(=O)(=O)C1. The lowest BCUT2D eigenvalue weighted by Gasteiger charge is -2.36. The van der Waals surface area contributed by atoms with Crippen LogP contribution in [-0.2, 0) is 14.6 Å². The van der Waals surface area contributed by atoms with Crippen molar-refractivity contribution in [3.05, 3.63) is 42.5 Å². The molecule has 3 rings (SSSR count). The van der Waals surface area contributed by atoms with E-state index in [9.17, 15) is 13.2 Å². The van der Waals surface area contributed by atoms with Crippen molar-refractivity contribution in [1.29, 1.82) is 0 Å². The molecule has 9 heteroatoms. The molecule has 0 bridgehead atoms. The molecule has 2 aromatic carbocycles. The second kappa shape index (κ2) is 11.0. The van der Waals surface area contributed by atoms with Gasteiger partial charge in [-0.05, 0) is 37.3 Å². The van der Waals surface area contributed by atoms with E-state index in [0.29, 0.717) is 18.0 Å². The van der Waals surface area contributed by atoms with Crippen LogP contribution in [0.15, 0.2) is 52.3 Å². The molecular weight excluding hydrogens is 472 g/mol. The molecular formula is C25H34N2O5S2. The number of thioether (sulfide) groups is 1. The van der Waals surface area contributed by atoms with E-state index in [-0.39, 0.29) is 17.3 Å². The molecule has 1 heterocycles. The number of unbranched alkanes of at least 4 members (excludes halogenated alkanes) is 1. The van der Waals surface area contributed by atoms with Crippen LogP contribution in [0.4, 0.5) is 11.4 Å². The second-order valence-electron chi connectivity index (χ2n) is 8.86. The van der Waals surface area contributed by atoms with Crippen LogP contribution in [0.5, 0.6) is 5.75 Å². The predicted octanol–water partition coefficient (Wildman–Crippen LogP) is 4.71. The summed E-state index contributed by atoms with van der Waals surface area (Å²) in [7, 11) is -3.65. The van der Waals surface area contributed by atoms with Crippen molar-refractivity contribution in [2.75, 3.05) is 30.1 Å². The number of hydrogen-bond acceptors (Lipinski definition) is 7. The number of nitrogens with two attached hydrogens (primary N) is 1. The highest BCUT2D eigenvalue weighted by Gasteiger charge is 2.42. The van der Waals surface area contributed by atoms with E-state index in [1.165, 1.54) is 11.8 Å². The highest BCUT2D eigenvalue weighted by atomic mass is 32.2. The molecule has 0 unspecified atom stereocenters. The van der Waals surface area contributed by atoms with Gasteiger partial charge in [-0.15, -0.1) is 11.8 Å². The first-order valence-corrected chi connectivity index (χ1v) is 14.4. The van der Waals surface area contributed by atoms with Crippen molar-refractivity contribution >= 4 is 38.9 Å². The van der Waals surface area contributed by atoms with Crippen LogP contribution in [0.1, 0.15) is 39.5 Å². The Balaban J connectivity index is 2.18. The number of rotatable bonds is 10. The van der Waals surface area contributed by atoms with Gasteiger partial charge in [-0.25, -0.2) is 8.42 Å². The maximum Gasteiger partial charge on any atom is 0.324 e. The summed E-state index contributed by atoms with van der Waals surface area (Å²) in [6, 6.07) is 12.0. The van der Waals surface area contributed by atoms with Crippen molar-refractivity contribution in [2.24, 2.45) is 11.1 Å². The number of anilines is 2. The van der Waals surface area contributed by atoms with E-state index in [1.54, 1.807) is 6.07 Å². The van der Waals surface area contributed by atoms with Crippen LogP contribution in [0, 0.1) is 5.41 Å². The fourth-order valence-electron chi connectivity index (χ4n) is 4.39. The van der Waals surface area contributed by atoms with Gasteiger partial charge in [0.15, 0.2) is 9.84 Å². The summed E-state index contributed by atoms with van der Waals surface area (Å²) < 4.78 is 33.3. The number of carboxylic acid groups (broad SMARTS) is 1. The summed E-state index contributed by atoms with van der Waals surface area (Å²) in [5.41, 5.74) is 6.78. The largest absolute Gasteiger partial charge is 0.490 e. The highest BCUT2D eigenvalue weighted by molar-refractivity contribution is 7.98. The maximum atomic E-state index is 13.8. The molecule has 0 spiro atoms. The zero-order chi connectivity index (χ0) is 24.9. The van der Waals surface area contributed by atoms with Crippen LogP contribution in [-0.4, -0.2) is 50.7 Å². The zero-order valence-electron chi connectivity index (χ0n) is 20.0. The number of nitrogens with zero attached hydrogens (tertiary/aromatic N) is 1. The molecule has 2 atom stereocenters. The minimum Gasteiger partial charge on any atom is -0.490 e. The van der Waals surface area contributed by atoms with Gasteiger partial charge in [-0.3, -0.25) is 4.79 Å². The third-order valence-electron chi connectivity index (χ3n) is 6.47. The number of para-hydroxylation sites is 1. The van der Waals surface area contributed by atoms with Gasteiger partial charge >= 0.3 is 5.97 Å². The van der Waals surface area contributed by atoms with Gasteiger partial charge in [0.1, 0.15) is 18.4 Å². The first-order chi connectivity index (χ1) is 16.2. The third-order valence-corrected chi connectivity index (χ3v) is 9.22. The van der Waals surface area contributed by atoms with Crippen LogP contribution in [0.25, 0.3) is 0 Å². The Hall–Kier alpha value is -2.23. The van der Waals surface area contributed by atoms with Crippen LogP contribution < -0.4 is 15.4 Å². The van der Waals surface area contributed by atoms with Crippen molar-refractivity contribution < 1.29 is 23.1 Å². The summed E-state index contributed by atoms with van der Waals surface area (Å²) >= 11 is 1.42. The highest BCUT2D eigenvalue weighted by Crippen LogP contribution is 2.47. The van der Waals surface area contributed by atoms with Gasteiger partial charge in [-0.2, -0.15) is 0 Å². The minimum atomic E-state index is -3.65. The first kappa shape index (κ1) is 26.4. The molecule has 1 aliphatic rings. The number of fused-ring (bicyclic) bond motifs is 1. The van der Waals surface area contributed by atoms with Gasteiger partial charge in [0.2, 0.25) is 0 Å². The number of aliphatic carboxylic acids is 1. The first-order valence-electron chi connectivity index (χ1n) is 11.5. The maximum absolute atomic E-state index is 13.8. The molecule has 0 fully saturated rings. The lowest BCUT2D eigenvalue weighted by Crippen LogP contribution is -2.37. The predicted molar refractivity (Wildman–Crippen MR) is 137 cm³/mol. The number of hydrogen-bond donors (Lipinski definition) is 2. The Labute approximate surface area is 206 Å². The molecule has 0 aromatic heterocycles. The minimum absolute atomic E-state index is 0.0551. The normalized spacial score (nSPS) is 20.3. The fraction of sp³-hybridized carbons (Fsp3) is 0.480. The molecule has 0 aliphatic carbocycles. The standard InChI is InChI=1S/C25H34N2O5S2/c1-4-6-12-25(5-2)16-27(18-10-8-7-9-11-18)20-13-22(33-3)21(32-15-19(26)24(28)29)14-23(20)34(30,31)17-25/h7-11,13-14,19H,4-6,12,15-17,26H2,1-3H3,(H,28,29)/t19-,25-/m1/s1. The second-order valence-corrected chi connectivity index (χ2v) is 11.7. The molecule has 3 N–H and O–H groups in total. The summed E-state index contributed by atoms with van der Waals surface area (Å²) in [5.74, 6) is -0.788. The lowest BCUT2D eigenvalue weighted by atomic mass is 9.81. The van der Waals surface area contributed by atoms with Gasteiger partial charge < -0.3 is 20.5 Å². The molecule has 34 heavy (non-hydrogen) atoms. The van der Waals surface area contributed by atoms with Crippen molar-refractivity contribution in [3.63, 3.8) is 0 Å². The number of ether oxygens (including phenoxy) is 1. The molecule has 7 nitrogen and oxygen atoms in total. The van der Waals surface area contributed by atoms with E-state index >= 15 is 0 Å². The van der Waals surface area contributed by atoms with Gasteiger partial charge in [0.05, 0.1) is 21.2 Å². The van der Waals surface area contributed by atoms with Crippen LogP contribution >= 0.6 is 11.8 Å². The molecule has 0 saturated heterocycles. The van der Waals surface area contributed by atoms with Gasteiger partial charge in [0, 0.05) is 23.7 Å². The Morgan fingerprint density at radius 1 is 1.26 bits per heavy atom. The Bertz CT molecular complexity index is 1110. The zero-order valence-corrected chi connectivity index (χ0v) is 21.6. The topological polar surface area (TPSA) is 110 Å². The summed E-state index contributed by atoms with van der Waals surface area (Å²) in [4.78, 5) is 14.2. The number of carboxylic acids is 1. The van der Waals surface area contributed by atoms with Crippen molar-refractivity contribution in [1.82, 2.24) is 0 Å². The summed E-state index contributed by atoms with van der Waals surface area (Å²) in [5, 5.41) is 9.10. The van der Waals surface area contributed by atoms with E-state index in [0.717, 1.165) is 36.3 Å². The van der Waals surface area contributed by atoms with Crippen molar-refractivity contribution in [2.45, 2.75) is 55.4 Å². The fourth-order valence-corrected chi connectivity index (χ4v) is 7.12. The quantitative estimate of drug-likeness (QED) is 0.446. The Kier molecular flexibility index (Phi) is 8.54. The Morgan fingerprint density at radius 2 is 1.97 bits per heavy atom. The molecule has 0 amide bonds. The number of sulfone groups is 1. The monoisotopic (exact) mass is 506 g/mol. The van der Waals surface area contributed by atoms with Crippen LogP contribution in [0.2, 0.25) is 0 Å². The van der Waals surface area contributed by atoms with E-state index in [1.807, 2.05) is 42.7 Å². The lowest BCUT2D eigenvalue weighted by molar-refractivity contribution is -0.139. The van der Waals surface area contributed by atoms with E-state index in [2.05, 4.69) is 18.7 Å². The molecule has 186 valence electrons. The third kappa shape index (κ3) is 5.70. The summed E-state index contributed by atoms with van der Waals surface area (Å²) in [6.07, 6.45) is 5.40. The molecule has 0 saturated carbocycles. The van der Waals surface area contributed by atoms with Gasteiger partial charge in [-0.1, -0.05) is 44.9 Å². The van der Waals surface area contributed by atoms with Gasteiger partial charge in [0.25, 0.3) is 0 Å². The van der Waals surface area contributed by atoms with Crippen LogP contribution in [0.3, 0.4) is 0 Å². The van der Waals surface area contributed by atoms with Crippen molar-refractivity contribution in [3.8, 4) is 5.75 Å². The van der Waals surface area contributed by atoms with E-state index < -0.39 is 27.3 Å². The molecule has 2 aromatic rings. The average molecular weight is 507 g/mol. The number of carbonyl (C=O) groups is 1. The Morgan fingerprint density at radius 3 is 2.56 bits per heavy atom.